The molecule has 0 unspecified atom stereocenters. The van der Waals surface area contributed by atoms with Gasteiger partial charge in [-0.05, 0) is 27.8 Å². The van der Waals surface area contributed by atoms with Crippen LogP contribution in [0.1, 0.15) is 33.6 Å². The van der Waals surface area contributed by atoms with Crippen LogP contribution in [0.25, 0.3) is 5.32 Å². The summed E-state index contributed by atoms with van der Waals surface area (Å²) in [4.78, 5) is 11.1. The number of ether oxygens (including phenoxy) is 1. The first-order valence-corrected chi connectivity index (χ1v) is 5.14. The number of amides is 1. The minimum Gasteiger partial charge on any atom is -0.619 e. The van der Waals surface area contributed by atoms with E-state index in [4.69, 9.17) is 4.74 Å². The predicted molar refractivity (Wildman–Crippen MR) is 68.0 cm³/mol. The zero-order valence-electron chi connectivity index (χ0n) is 12.2. The van der Waals surface area contributed by atoms with Gasteiger partial charge < -0.3 is 30.1 Å². The van der Waals surface area contributed by atoms with E-state index in [2.05, 4.69) is 18.0 Å². The first kappa shape index (κ1) is 23.2. The molecule has 0 aromatic carbocycles. The van der Waals surface area contributed by atoms with Crippen LogP contribution in [0, 0.1) is 19.8 Å². The molecule has 1 aliphatic carbocycles. The predicted octanol–water partition coefficient (Wildman–Crippen LogP) is -0.0613. The van der Waals surface area contributed by atoms with Gasteiger partial charge in [0.15, 0.2) is 0 Å². The Kier molecular flexibility index (Phi) is 13.5. The third kappa shape index (κ3) is 13.3. The van der Waals surface area contributed by atoms with E-state index in [0.29, 0.717) is 6.54 Å². The summed E-state index contributed by atoms with van der Waals surface area (Å²) >= 11 is 0. The van der Waals surface area contributed by atoms with Crippen molar-refractivity contribution in [3.8, 4) is 0 Å². The van der Waals surface area contributed by atoms with Crippen LogP contribution in [-0.2, 0) is 4.74 Å². The normalized spacial score (nSPS) is 15.2. The van der Waals surface area contributed by atoms with E-state index >= 15 is 0 Å². The van der Waals surface area contributed by atoms with Crippen molar-refractivity contribution in [1.29, 1.82) is 0 Å². The number of hydrogen-bond donors (Lipinski definition) is 1. The molecule has 0 saturated heterocycles. The Bertz CT molecular complexity index is 211. The Morgan fingerprint density at radius 3 is 2.12 bits per heavy atom. The summed E-state index contributed by atoms with van der Waals surface area (Å²) in [6, 6.07) is 0. The fourth-order valence-corrected chi connectivity index (χ4v) is 0.861. The molecule has 0 bridgehead atoms. The molecule has 1 saturated carbocycles. The van der Waals surface area contributed by atoms with Crippen LogP contribution in [0.5, 0.6) is 0 Å². The quantitative estimate of drug-likeness (QED) is 0.726. The van der Waals surface area contributed by atoms with E-state index < -0.39 is 11.7 Å². The molecule has 1 rings (SSSR count). The number of carbonyl (C=O) groups is 1. The molecule has 0 aromatic rings. The third-order valence-electron chi connectivity index (χ3n) is 1.89. The van der Waals surface area contributed by atoms with Crippen molar-refractivity contribution >= 4 is 6.09 Å². The molecule has 0 aromatic heterocycles. The van der Waals surface area contributed by atoms with Crippen LogP contribution in [0.15, 0.2) is 0 Å². The van der Waals surface area contributed by atoms with Gasteiger partial charge >= 0.3 is 58.2 Å². The fourth-order valence-electron chi connectivity index (χ4n) is 0.861. The molecule has 4 nitrogen and oxygen atoms in total. The van der Waals surface area contributed by atoms with Gasteiger partial charge in [0.1, 0.15) is 5.60 Å². The van der Waals surface area contributed by atoms with E-state index in [1.165, 1.54) is 7.05 Å². The van der Waals surface area contributed by atoms with Crippen molar-refractivity contribution < 1.29 is 67.7 Å². The molecule has 5 heteroatoms. The summed E-state index contributed by atoms with van der Waals surface area (Å²) in [6.45, 7) is 9.94. The molecule has 1 fully saturated rings. The molecule has 2 N–H and O–H groups in total. The number of hydrogen-bond acceptors (Lipinski definition) is 3. The van der Waals surface area contributed by atoms with Crippen LogP contribution < -0.4 is 63.9 Å². The molecule has 17 heavy (non-hydrogen) atoms. The summed E-state index contributed by atoms with van der Waals surface area (Å²) in [6.07, 6.45) is 1.67. The van der Waals surface area contributed by atoms with Crippen molar-refractivity contribution in [2.75, 3.05) is 13.6 Å². The fraction of sp³-hybridized carbons (Fsp3) is 0.750. The second kappa shape index (κ2) is 9.90. The Hall–Kier alpha value is 1.04. The first-order chi connectivity index (χ1) is 6.81. The van der Waals surface area contributed by atoms with E-state index in [-0.39, 0.29) is 71.0 Å². The third-order valence-corrected chi connectivity index (χ3v) is 1.89. The molecule has 1 aliphatic rings. The van der Waals surface area contributed by atoms with Crippen molar-refractivity contribution in [2.24, 2.45) is 11.1 Å². The molecule has 0 radical (unpaired) electrons. The standard InChI is InChI=1S/C10H18NO2.CH5N.CH3.Rb/c1-9(2,3)13-8(12)11-7-10(4)5-6-10;1-2;;/h4-7H2,1-3H3,(H,11,12);2H2,1H3;1H3;/q-1;;-1;+1/p-1. The summed E-state index contributed by atoms with van der Waals surface area (Å²) in [5, 5.41) is 3.82. The van der Waals surface area contributed by atoms with Crippen LogP contribution in [0.3, 0.4) is 0 Å². The number of nitrogens with zero attached hydrogens (tertiary/aromatic N) is 1. The van der Waals surface area contributed by atoms with Crippen LogP contribution >= 0.6 is 0 Å². The Morgan fingerprint density at radius 2 is 1.82 bits per heavy atom. The first-order valence-electron chi connectivity index (χ1n) is 5.14. The summed E-state index contributed by atoms with van der Waals surface area (Å²) in [7, 11) is 1.50. The van der Waals surface area contributed by atoms with Crippen molar-refractivity contribution in [3.05, 3.63) is 19.7 Å². The van der Waals surface area contributed by atoms with Crippen molar-refractivity contribution in [3.63, 3.8) is 0 Å². The maximum Gasteiger partial charge on any atom is 1.00 e. The zero-order valence-corrected chi connectivity index (χ0v) is 17.1. The summed E-state index contributed by atoms with van der Waals surface area (Å²) in [5.41, 5.74) is 4.09. The van der Waals surface area contributed by atoms with Crippen molar-refractivity contribution in [2.45, 2.75) is 39.2 Å². The molecule has 0 atom stereocenters. The van der Waals surface area contributed by atoms with Gasteiger partial charge in [-0.25, -0.2) is 0 Å². The van der Waals surface area contributed by atoms with Crippen LogP contribution in [-0.4, -0.2) is 25.3 Å². The minimum atomic E-state index is -0.470. The molecular formula is C12H25N2O2Rb-2. The Morgan fingerprint density at radius 1 is 1.41 bits per heavy atom. The van der Waals surface area contributed by atoms with Gasteiger partial charge in [0, 0.05) is 0 Å². The minimum absolute atomic E-state index is 0. The average molecular weight is 315 g/mol. The van der Waals surface area contributed by atoms with E-state index in [1.54, 1.807) is 0 Å². The Labute approximate surface area is 155 Å². The number of carbonyl (C=O) groups excluding carboxylic acids is 1. The van der Waals surface area contributed by atoms with Crippen LogP contribution in [0.2, 0.25) is 0 Å². The van der Waals surface area contributed by atoms with Crippen molar-refractivity contribution in [1.82, 2.24) is 0 Å². The summed E-state index contributed by atoms with van der Waals surface area (Å²) < 4.78 is 5.03. The van der Waals surface area contributed by atoms with Crippen LogP contribution in [0.4, 0.5) is 4.79 Å². The van der Waals surface area contributed by atoms with Gasteiger partial charge in [-0.2, -0.15) is 5.41 Å². The molecule has 0 spiro atoms. The average Bonchev–Trinajstić information content (AvgIpc) is 2.82. The number of nitrogens with two attached hydrogens (primary N) is 1. The maximum absolute atomic E-state index is 11.1. The smallest absolute Gasteiger partial charge is 0.619 e. The maximum atomic E-state index is 11.1. The topological polar surface area (TPSA) is 66.4 Å². The second-order valence-electron chi connectivity index (χ2n) is 4.80. The van der Waals surface area contributed by atoms with E-state index in [0.717, 1.165) is 12.8 Å². The molecule has 0 aliphatic heterocycles. The van der Waals surface area contributed by atoms with Gasteiger partial charge in [0.05, 0.1) is 0 Å². The monoisotopic (exact) mass is 314 g/mol. The van der Waals surface area contributed by atoms with E-state index in [9.17, 15) is 4.79 Å². The molecule has 1 amide bonds. The molecule has 0 heterocycles. The zero-order chi connectivity index (χ0) is 12.1. The van der Waals surface area contributed by atoms with E-state index in [1.807, 2.05) is 20.8 Å². The SMILES string of the molecule is CN.[CH2-]C1(C[N-]C(=O)OC(C)(C)C)CC1.[CH3-].[Rb+]. The number of rotatable bonds is 2. The molecular weight excluding hydrogens is 290 g/mol. The van der Waals surface area contributed by atoms with Gasteiger partial charge in [-0.3, -0.25) is 4.79 Å². The largest absolute Gasteiger partial charge is 1.00 e. The van der Waals surface area contributed by atoms with Gasteiger partial charge in [0.2, 0.25) is 6.09 Å². The Balaban J connectivity index is -0.000000464. The second-order valence-corrected chi connectivity index (χ2v) is 4.80. The summed E-state index contributed by atoms with van der Waals surface area (Å²) in [5.74, 6) is 0. The van der Waals surface area contributed by atoms with Gasteiger partial charge in [-0.1, -0.05) is 12.8 Å². The van der Waals surface area contributed by atoms with Gasteiger partial charge in [-0.15, -0.1) is 6.54 Å². The molecule has 98 valence electrons. The van der Waals surface area contributed by atoms with Gasteiger partial charge in [0.25, 0.3) is 0 Å².